The maximum absolute atomic E-state index is 12.9. The molecule has 1 aromatic heterocycles. The molecule has 0 spiro atoms. The second kappa shape index (κ2) is 7.74. The molecule has 2 heterocycles. The van der Waals surface area contributed by atoms with E-state index >= 15 is 0 Å². The van der Waals surface area contributed by atoms with E-state index < -0.39 is 0 Å². The van der Waals surface area contributed by atoms with Crippen LogP contribution in [0.25, 0.3) is 0 Å². The van der Waals surface area contributed by atoms with Gasteiger partial charge >= 0.3 is 0 Å². The fourth-order valence-electron chi connectivity index (χ4n) is 3.33. The van der Waals surface area contributed by atoms with Crippen LogP contribution in [-0.4, -0.2) is 48.7 Å². The Balaban J connectivity index is 1.71. The van der Waals surface area contributed by atoms with Crippen LogP contribution in [0.2, 0.25) is 0 Å². The number of rotatable bonds is 4. The second-order valence-corrected chi connectivity index (χ2v) is 6.64. The highest BCUT2D eigenvalue weighted by molar-refractivity contribution is 5.95. The van der Waals surface area contributed by atoms with Gasteiger partial charge in [0.1, 0.15) is 11.3 Å². The molecule has 0 saturated carbocycles. The molecule has 1 aliphatic heterocycles. The molecule has 3 rings (SSSR count). The van der Waals surface area contributed by atoms with Gasteiger partial charge in [-0.1, -0.05) is 12.1 Å². The van der Waals surface area contributed by atoms with Crippen LogP contribution in [0.3, 0.4) is 0 Å². The zero-order valence-corrected chi connectivity index (χ0v) is 15.4. The molecule has 0 bridgehead atoms. The van der Waals surface area contributed by atoms with E-state index in [2.05, 4.69) is 4.98 Å². The fraction of sp³-hybridized carbons (Fsp3) is 0.400. The van der Waals surface area contributed by atoms with Gasteiger partial charge in [-0.3, -0.25) is 9.59 Å². The molecular formula is C20H24N2O4. The van der Waals surface area contributed by atoms with Gasteiger partial charge in [-0.2, -0.15) is 0 Å². The van der Waals surface area contributed by atoms with Crippen molar-refractivity contribution < 1.29 is 14.3 Å². The average molecular weight is 356 g/mol. The molecule has 26 heavy (non-hydrogen) atoms. The first-order chi connectivity index (χ1) is 12.5. The molecule has 1 N–H and O–H groups in total. The van der Waals surface area contributed by atoms with E-state index in [1.54, 1.807) is 18.9 Å². The molecule has 1 aromatic carbocycles. The Bertz CT molecular complexity index is 842. The standard InChI is InChI=1S/C20H24N2O4/c1-13-10-14(2)21-19(23)18(13)20(24)22-8-9-26-17(12-22)11-15-4-6-16(25-3)7-5-15/h4-7,10,17H,8-9,11-12H2,1-3H3,(H,21,23)/t17-/m0/s1. The van der Waals surface area contributed by atoms with Gasteiger partial charge in [-0.25, -0.2) is 0 Å². The summed E-state index contributed by atoms with van der Waals surface area (Å²) in [6.07, 6.45) is 0.614. The maximum Gasteiger partial charge on any atom is 0.261 e. The molecule has 6 heteroatoms. The van der Waals surface area contributed by atoms with E-state index in [1.807, 2.05) is 37.3 Å². The summed E-state index contributed by atoms with van der Waals surface area (Å²) in [5.41, 5.74) is 2.47. The number of carbonyl (C=O) groups excluding carboxylic acids is 1. The Morgan fingerprint density at radius 3 is 2.69 bits per heavy atom. The van der Waals surface area contributed by atoms with Crippen LogP contribution in [-0.2, 0) is 11.2 Å². The number of hydrogen-bond donors (Lipinski definition) is 1. The Labute approximate surface area is 152 Å². The highest BCUT2D eigenvalue weighted by Gasteiger charge is 2.27. The van der Waals surface area contributed by atoms with Crippen molar-refractivity contribution in [2.24, 2.45) is 0 Å². The van der Waals surface area contributed by atoms with Crippen molar-refractivity contribution >= 4 is 5.91 Å². The largest absolute Gasteiger partial charge is 0.497 e. The van der Waals surface area contributed by atoms with Gasteiger partial charge in [0, 0.05) is 25.2 Å². The van der Waals surface area contributed by atoms with Gasteiger partial charge in [0.05, 0.1) is 19.8 Å². The number of carbonyl (C=O) groups is 1. The smallest absolute Gasteiger partial charge is 0.261 e. The first-order valence-electron chi connectivity index (χ1n) is 8.72. The summed E-state index contributed by atoms with van der Waals surface area (Å²) in [6, 6.07) is 9.64. The van der Waals surface area contributed by atoms with Crippen molar-refractivity contribution in [1.82, 2.24) is 9.88 Å². The SMILES string of the molecule is COc1ccc(C[C@H]2CN(C(=O)c3c(C)cc(C)[nH]c3=O)CCO2)cc1. The normalized spacial score (nSPS) is 17.2. The average Bonchev–Trinajstić information content (AvgIpc) is 2.61. The highest BCUT2D eigenvalue weighted by atomic mass is 16.5. The highest BCUT2D eigenvalue weighted by Crippen LogP contribution is 2.17. The van der Waals surface area contributed by atoms with Crippen LogP contribution in [0.15, 0.2) is 35.1 Å². The number of hydrogen-bond acceptors (Lipinski definition) is 4. The molecule has 2 aromatic rings. The molecule has 138 valence electrons. The number of aromatic amines is 1. The summed E-state index contributed by atoms with van der Waals surface area (Å²) in [6.45, 7) is 5.03. The third-order valence-electron chi connectivity index (χ3n) is 4.63. The molecule has 0 unspecified atom stereocenters. The van der Waals surface area contributed by atoms with Crippen molar-refractivity contribution in [2.75, 3.05) is 26.8 Å². The van der Waals surface area contributed by atoms with Crippen molar-refractivity contribution in [3.05, 3.63) is 63.1 Å². The third kappa shape index (κ3) is 3.96. The number of nitrogens with zero attached hydrogens (tertiary/aromatic N) is 1. The molecule has 0 radical (unpaired) electrons. The molecule has 0 aliphatic carbocycles. The van der Waals surface area contributed by atoms with Gasteiger partial charge in [-0.15, -0.1) is 0 Å². The third-order valence-corrected chi connectivity index (χ3v) is 4.63. The van der Waals surface area contributed by atoms with Crippen LogP contribution >= 0.6 is 0 Å². The van der Waals surface area contributed by atoms with E-state index in [0.717, 1.165) is 17.0 Å². The minimum absolute atomic E-state index is 0.0917. The molecule has 1 fully saturated rings. The van der Waals surface area contributed by atoms with Crippen LogP contribution in [0.4, 0.5) is 0 Å². The number of H-pyrrole nitrogens is 1. The topological polar surface area (TPSA) is 71.6 Å². The van der Waals surface area contributed by atoms with E-state index in [1.165, 1.54) is 0 Å². The fourth-order valence-corrected chi connectivity index (χ4v) is 3.33. The lowest BCUT2D eigenvalue weighted by molar-refractivity contribution is -0.0209. The number of amides is 1. The van der Waals surface area contributed by atoms with Crippen molar-refractivity contribution in [3.8, 4) is 5.75 Å². The van der Waals surface area contributed by atoms with Crippen LogP contribution in [0.5, 0.6) is 5.75 Å². The zero-order valence-electron chi connectivity index (χ0n) is 15.4. The molecule has 1 aliphatic rings. The summed E-state index contributed by atoms with van der Waals surface area (Å²) in [4.78, 5) is 29.5. The lowest BCUT2D eigenvalue weighted by atomic mass is 10.0. The summed E-state index contributed by atoms with van der Waals surface area (Å²) < 4.78 is 11.0. The Morgan fingerprint density at radius 1 is 1.31 bits per heavy atom. The van der Waals surface area contributed by atoms with E-state index in [-0.39, 0.29) is 23.1 Å². The first-order valence-corrected chi connectivity index (χ1v) is 8.72. The van der Waals surface area contributed by atoms with E-state index in [4.69, 9.17) is 9.47 Å². The van der Waals surface area contributed by atoms with Crippen LogP contribution in [0.1, 0.15) is 27.2 Å². The van der Waals surface area contributed by atoms with Gasteiger partial charge in [-0.05, 0) is 43.2 Å². The van der Waals surface area contributed by atoms with Crippen molar-refractivity contribution in [1.29, 1.82) is 0 Å². The van der Waals surface area contributed by atoms with Gasteiger partial charge < -0.3 is 19.4 Å². The summed E-state index contributed by atoms with van der Waals surface area (Å²) in [5, 5.41) is 0. The number of aromatic nitrogens is 1. The zero-order chi connectivity index (χ0) is 18.7. The molecular weight excluding hydrogens is 332 g/mol. The number of benzene rings is 1. The number of morpholine rings is 1. The molecule has 1 amide bonds. The lowest BCUT2D eigenvalue weighted by Crippen LogP contribution is -2.47. The van der Waals surface area contributed by atoms with Crippen LogP contribution in [0, 0.1) is 13.8 Å². The minimum atomic E-state index is -0.328. The predicted molar refractivity (Wildman–Crippen MR) is 98.9 cm³/mol. The first kappa shape index (κ1) is 18.2. The van der Waals surface area contributed by atoms with E-state index in [0.29, 0.717) is 31.7 Å². The molecule has 1 saturated heterocycles. The number of pyridine rings is 1. The van der Waals surface area contributed by atoms with Gasteiger partial charge in [0.25, 0.3) is 11.5 Å². The number of ether oxygens (including phenoxy) is 2. The number of aryl methyl sites for hydroxylation is 2. The predicted octanol–water partition coefficient (Wildman–Crippen LogP) is 2.08. The Morgan fingerprint density at radius 2 is 2.04 bits per heavy atom. The van der Waals surface area contributed by atoms with Crippen molar-refractivity contribution in [2.45, 2.75) is 26.4 Å². The number of nitrogens with one attached hydrogen (secondary N) is 1. The monoisotopic (exact) mass is 356 g/mol. The van der Waals surface area contributed by atoms with Gasteiger partial charge in [0.15, 0.2) is 0 Å². The lowest BCUT2D eigenvalue weighted by Gasteiger charge is -2.33. The quantitative estimate of drug-likeness (QED) is 0.910. The van der Waals surface area contributed by atoms with E-state index in [9.17, 15) is 9.59 Å². The van der Waals surface area contributed by atoms with Crippen molar-refractivity contribution in [3.63, 3.8) is 0 Å². The molecule has 1 atom stereocenters. The maximum atomic E-state index is 12.9. The molecule has 6 nitrogen and oxygen atoms in total. The van der Waals surface area contributed by atoms with Gasteiger partial charge in [0.2, 0.25) is 0 Å². The minimum Gasteiger partial charge on any atom is -0.497 e. The Hall–Kier alpha value is -2.60. The Kier molecular flexibility index (Phi) is 5.42. The second-order valence-electron chi connectivity index (χ2n) is 6.64. The summed E-state index contributed by atoms with van der Waals surface area (Å²) >= 11 is 0. The van der Waals surface area contributed by atoms with Crippen LogP contribution < -0.4 is 10.3 Å². The number of methoxy groups -OCH3 is 1. The summed E-state index contributed by atoms with van der Waals surface area (Å²) in [5.74, 6) is 0.580. The summed E-state index contributed by atoms with van der Waals surface area (Å²) in [7, 11) is 1.64.